The van der Waals surface area contributed by atoms with Gasteiger partial charge in [-0.15, -0.1) is 0 Å². The lowest BCUT2D eigenvalue weighted by Gasteiger charge is -2.36. The van der Waals surface area contributed by atoms with Crippen molar-refractivity contribution in [2.24, 2.45) is 0 Å². The molecule has 1 fully saturated rings. The summed E-state index contributed by atoms with van der Waals surface area (Å²) in [6.07, 6.45) is 4.75. The normalized spacial score (nSPS) is 15.8. The summed E-state index contributed by atoms with van der Waals surface area (Å²) in [6, 6.07) is 10.1. The van der Waals surface area contributed by atoms with E-state index in [1.165, 1.54) is 5.56 Å². The average molecular weight is 326 g/mol. The Morgan fingerprint density at radius 1 is 1.21 bits per heavy atom. The number of rotatable bonds is 7. The Bertz CT molecular complexity index is 658. The molecule has 24 heavy (non-hydrogen) atoms. The summed E-state index contributed by atoms with van der Waals surface area (Å²) in [5, 5.41) is 13.5. The molecule has 1 aromatic carbocycles. The van der Waals surface area contributed by atoms with E-state index in [0.717, 1.165) is 48.4 Å². The predicted molar refractivity (Wildman–Crippen MR) is 95.0 cm³/mol. The number of hydrogen-bond acceptors (Lipinski definition) is 4. The highest BCUT2D eigenvalue weighted by atomic mass is 16.5. The fourth-order valence-electron chi connectivity index (χ4n) is 3.20. The summed E-state index contributed by atoms with van der Waals surface area (Å²) in [5.41, 5.74) is 3.93. The summed E-state index contributed by atoms with van der Waals surface area (Å²) in [6.45, 7) is 6.06. The van der Waals surface area contributed by atoms with Crippen LogP contribution < -0.4 is 10.1 Å². The molecule has 4 heteroatoms. The van der Waals surface area contributed by atoms with Gasteiger partial charge in [-0.2, -0.15) is 0 Å². The second-order valence-electron chi connectivity index (χ2n) is 6.85. The largest absolute Gasteiger partial charge is 0.487 e. The Hall–Kier alpha value is -1.91. The lowest BCUT2D eigenvalue weighted by atomic mass is 9.80. The maximum absolute atomic E-state index is 10.1. The van der Waals surface area contributed by atoms with Crippen molar-refractivity contribution in [3.05, 3.63) is 58.9 Å². The zero-order valence-corrected chi connectivity index (χ0v) is 14.5. The average Bonchev–Trinajstić information content (AvgIpc) is 2.53. The minimum Gasteiger partial charge on any atom is -0.487 e. The van der Waals surface area contributed by atoms with Gasteiger partial charge in [-0.1, -0.05) is 18.2 Å². The summed E-state index contributed by atoms with van der Waals surface area (Å²) in [4.78, 5) is 4.29. The van der Waals surface area contributed by atoms with Gasteiger partial charge in [0.25, 0.3) is 0 Å². The topological polar surface area (TPSA) is 54.4 Å². The number of ether oxygens (including phenoxy) is 1. The zero-order valence-electron chi connectivity index (χ0n) is 14.5. The number of aromatic nitrogens is 1. The Morgan fingerprint density at radius 2 is 1.96 bits per heavy atom. The van der Waals surface area contributed by atoms with Crippen LogP contribution in [0.4, 0.5) is 0 Å². The highest BCUT2D eigenvalue weighted by Crippen LogP contribution is 2.31. The first-order chi connectivity index (χ1) is 11.6. The van der Waals surface area contributed by atoms with Crippen molar-refractivity contribution < 1.29 is 9.84 Å². The van der Waals surface area contributed by atoms with E-state index >= 15 is 0 Å². The van der Waals surface area contributed by atoms with Crippen molar-refractivity contribution in [1.29, 1.82) is 0 Å². The molecule has 0 spiro atoms. The number of nitrogens with one attached hydrogen (secondary N) is 1. The SMILES string of the molecule is Cc1cc(CNCC2(O)CCC2)cc(C)c1OCc1ccccn1. The van der Waals surface area contributed by atoms with Crippen LogP contribution in [0.2, 0.25) is 0 Å². The minimum atomic E-state index is -0.476. The van der Waals surface area contributed by atoms with Crippen LogP contribution >= 0.6 is 0 Å². The molecule has 4 nitrogen and oxygen atoms in total. The molecule has 1 aromatic heterocycles. The van der Waals surface area contributed by atoms with Crippen molar-refractivity contribution in [1.82, 2.24) is 10.3 Å². The van der Waals surface area contributed by atoms with Crippen LogP contribution in [0.3, 0.4) is 0 Å². The summed E-state index contributed by atoms with van der Waals surface area (Å²) in [7, 11) is 0. The van der Waals surface area contributed by atoms with Crippen molar-refractivity contribution in [2.75, 3.05) is 6.54 Å². The summed E-state index contributed by atoms with van der Waals surface area (Å²) in [5.74, 6) is 0.932. The first-order valence-corrected chi connectivity index (χ1v) is 8.62. The van der Waals surface area contributed by atoms with Gasteiger partial charge in [-0.25, -0.2) is 0 Å². The van der Waals surface area contributed by atoms with Gasteiger partial charge in [0.15, 0.2) is 0 Å². The highest BCUT2D eigenvalue weighted by molar-refractivity contribution is 5.43. The Balaban J connectivity index is 1.58. The number of aliphatic hydroxyl groups is 1. The quantitative estimate of drug-likeness (QED) is 0.820. The van der Waals surface area contributed by atoms with Crippen molar-refractivity contribution in [3.8, 4) is 5.75 Å². The predicted octanol–water partition coefficient (Wildman–Crippen LogP) is 3.28. The first kappa shape index (κ1) is 16.9. The number of hydrogen-bond donors (Lipinski definition) is 2. The Kier molecular flexibility index (Phi) is 5.17. The standard InChI is InChI=1S/C20H26N2O2/c1-15-10-17(12-21-14-20(23)7-5-8-20)11-16(2)19(15)24-13-18-6-3-4-9-22-18/h3-4,6,9-11,21,23H,5,7-8,12-14H2,1-2H3. The molecule has 0 radical (unpaired) electrons. The highest BCUT2D eigenvalue weighted by Gasteiger charge is 2.33. The van der Waals surface area contributed by atoms with Crippen LogP contribution in [-0.4, -0.2) is 22.2 Å². The van der Waals surface area contributed by atoms with Crippen molar-refractivity contribution >= 4 is 0 Å². The van der Waals surface area contributed by atoms with E-state index in [-0.39, 0.29) is 0 Å². The molecular weight excluding hydrogens is 300 g/mol. The van der Waals surface area contributed by atoms with Gasteiger partial charge in [-0.05, 0) is 61.9 Å². The van der Waals surface area contributed by atoms with E-state index < -0.39 is 5.60 Å². The van der Waals surface area contributed by atoms with Gasteiger partial charge in [0.05, 0.1) is 11.3 Å². The molecule has 128 valence electrons. The molecule has 0 bridgehead atoms. The van der Waals surface area contributed by atoms with E-state index in [4.69, 9.17) is 4.74 Å². The molecule has 3 rings (SSSR count). The van der Waals surface area contributed by atoms with E-state index in [1.807, 2.05) is 18.2 Å². The van der Waals surface area contributed by atoms with Gasteiger partial charge in [-0.3, -0.25) is 4.98 Å². The lowest BCUT2D eigenvalue weighted by molar-refractivity contribution is -0.0314. The van der Waals surface area contributed by atoms with Crippen LogP contribution in [0, 0.1) is 13.8 Å². The third-order valence-corrected chi connectivity index (χ3v) is 4.68. The van der Waals surface area contributed by atoms with E-state index in [0.29, 0.717) is 13.2 Å². The molecule has 1 aliphatic carbocycles. The maximum atomic E-state index is 10.1. The van der Waals surface area contributed by atoms with Gasteiger partial charge in [0.2, 0.25) is 0 Å². The Morgan fingerprint density at radius 3 is 2.54 bits per heavy atom. The molecular formula is C20H26N2O2. The molecule has 0 atom stereocenters. The summed E-state index contributed by atoms with van der Waals surface area (Å²) < 4.78 is 5.97. The number of pyridine rings is 1. The van der Waals surface area contributed by atoms with Crippen LogP contribution in [-0.2, 0) is 13.2 Å². The number of aryl methyl sites for hydroxylation is 2. The van der Waals surface area contributed by atoms with Crippen LogP contribution in [0.15, 0.2) is 36.5 Å². The zero-order chi connectivity index (χ0) is 17.0. The molecule has 1 aliphatic rings. The molecule has 1 saturated carbocycles. The second-order valence-corrected chi connectivity index (χ2v) is 6.85. The molecule has 0 aliphatic heterocycles. The van der Waals surface area contributed by atoms with E-state index in [9.17, 15) is 5.11 Å². The fraction of sp³-hybridized carbons (Fsp3) is 0.450. The third kappa shape index (κ3) is 4.13. The van der Waals surface area contributed by atoms with Crippen LogP contribution in [0.1, 0.15) is 41.6 Å². The number of benzene rings is 1. The molecule has 2 aromatic rings. The van der Waals surface area contributed by atoms with E-state index in [1.54, 1.807) is 6.20 Å². The minimum absolute atomic E-state index is 0.476. The van der Waals surface area contributed by atoms with Gasteiger partial charge >= 0.3 is 0 Å². The molecule has 2 N–H and O–H groups in total. The fourth-order valence-corrected chi connectivity index (χ4v) is 3.20. The smallest absolute Gasteiger partial charge is 0.130 e. The number of nitrogens with zero attached hydrogens (tertiary/aromatic N) is 1. The molecule has 1 heterocycles. The molecule has 0 unspecified atom stereocenters. The molecule has 0 saturated heterocycles. The summed E-state index contributed by atoms with van der Waals surface area (Å²) >= 11 is 0. The third-order valence-electron chi connectivity index (χ3n) is 4.68. The van der Waals surface area contributed by atoms with Gasteiger partial charge in [0, 0.05) is 19.3 Å². The van der Waals surface area contributed by atoms with Crippen molar-refractivity contribution in [3.63, 3.8) is 0 Å². The molecule has 0 amide bonds. The van der Waals surface area contributed by atoms with Gasteiger partial charge in [0.1, 0.15) is 12.4 Å². The van der Waals surface area contributed by atoms with E-state index in [2.05, 4.69) is 36.3 Å². The lowest BCUT2D eigenvalue weighted by Crippen LogP contribution is -2.45. The van der Waals surface area contributed by atoms with Crippen LogP contribution in [0.25, 0.3) is 0 Å². The second kappa shape index (κ2) is 7.32. The Labute approximate surface area is 143 Å². The first-order valence-electron chi connectivity index (χ1n) is 8.62. The van der Waals surface area contributed by atoms with Gasteiger partial charge < -0.3 is 15.2 Å². The monoisotopic (exact) mass is 326 g/mol. The maximum Gasteiger partial charge on any atom is 0.130 e. The van der Waals surface area contributed by atoms with Crippen LogP contribution in [0.5, 0.6) is 5.75 Å². The van der Waals surface area contributed by atoms with Crippen molar-refractivity contribution in [2.45, 2.75) is 51.9 Å².